The highest BCUT2D eigenvalue weighted by atomic mass is 16.4. The summed E-state index contributed by atoms with van der Waals surface area (Å²) in [5, 5.41) is 18.8. The lowest BCUT2D eigenvalue weighted by Gasteiger charge is -2.37. The minimum Gasteiger partial charge on any atom is -0.480 e. The number of hydrogen-bond acceptors (Lipinski definition) is 5. The third-order valence-corrected chi connectivity index (χ3v) is 4.61. The van der Waals surface area contributed by atoms with Crippen molar-refractivity contribution in [2.75, 3.05) is 26.2 Å². The van der Waals surface area contributed by atoms with Gasteiger partial charge in [-0.25, -0.2) is 0 Å². The predicted octanol–water partition coefficient (Wildman–Crippen LogP) is 1.52. The number of piperazine rings is 1. The maximum Gasteiger partial charge on any atom is 0.325 e. The van der Waals surface area contributed by atoms with Crippen LogP contribution >= 0.6 is 0 Å². The van der Waals surface area contributed by atoms with Gasteiger partial charge in [-0.2, -0.15) is 0 Å². The first-order valence-corrected chi connectivity index (χ1v) is 8.45. The molecule has 132 valence electrons. The van der Waals surface area contributed by atoms with E-state index in [-0.39, 0.29) is 6.61 Å². The lowest BCUT2D eigenvalue weighted by molar-refractivity contribution is -0.144. The molecule has 1 atom stereocenters. The minimum atomic E-state index is -0.836. The standard InChI is InChI=1S/C19H23N3O3/c23-14-15-3-5-17(6-4-15)18(19(24)25)22-10-8-21(9-11-22)13-16-2-1-7-20-12-16/h1-7,12,18,23H,8-11,13-14H2,(H,24,25). The van der Waals surface area contributed by atoms with Crippen molar-refractivity contribution < 1.29 is 15.0 Å². The zero-order valence-electron chi connectivity index (χ0n) is 14.1. The summed E-state index contributed by atoms with van der Waals surface area (Å²) in [5.74, 6) is -0.836. The quantitative estimate of drug-likeness (QED) is 0.830. The summed E-state index contributed by atoms with van der Waals surface area (Å²) in [6, 6.07) is 10.5. The van der Waals surface area contributed by atoms with Gasteiger partial charge in [0.15, 0.2) is 0 Å². The van der Waals surface area contributed by atoms with Gasteiger partial charge in [-0.05, 0) is 22.8 Å². The molecule has 0 saturated carbocycles. The van der Waals surface area contributed by atoms with E-state index < -0.39 is 12.0 Å². The Labute approximate surface area is 147 Å². The summed E-state index contributed by atoms with van der Waals surface area (Å²) in [7, 11) is 0. The second-order valence-corrected chi connectivity index (χ2v) is 6.31. The number of carboxylic acid groups (broad SMARTS) is 1. The summed E-state index contributed by atoms with van der Waals surface area (Å²) < 4.78 is 0. The van der Waals surface area contributed by atoms with Crippen LogP contribution in [-0.4, -0.2) is 57.1 Å². The number of aliphatic hydroxyl groups excluding tert-OH is 1. The highest BCUT2D eigenvalue weighted by molar-refractivity contribution is 5.75. The Morgan fingerprint density at radius 1 is 1.08 bits per heavy atom. The summed E-state index contributed by atoms with van der Waals surface area (Å²) in [4.78, 5) is 20.3. The average molecular weight is 341 g/mol. The van der Waals surface area contributed by atoms with Gasteiger partial charge in [0.2, 0.25) is 0 Å². The highest BCUT2D eigenvalue weighted by Crippen LogP contribution is 2.23. The molecule has 25 heavy (non-hydrogen) atoms. The van der Waals surface area contributed by atoms with Crippen molar-refractivity contribution >= 4 is 5.97 Å². The number of pyridine rings is 1. The Morgan fingerprint density at radius 2 is 1.80 bits per heavy atom. The number of aliphatic hydroxyl groups is 1. The molecule has 2 N–H and O–H groups in total. The zero-order valence-corrected chi connectivity index (χ0v) is 14.1. The summed E-state index contributed by atoms with van der Waals surface area (Å²) in [6.45, 7) is 3.87. The first-order valence-electron chi connectivity index (χ1n) is 8.45. The maximum absolute atomic E-state index is 11.8. The van der Waals surface area contributed by atoms with E-state index in [9.17, 15) is 9.90 Å². The molecular weight excluding hydrogens is 318 g/mol. The molecule has 1 aliphatic rings. The van der Waals surface area contributed by atoms with Crippen LogP contribution in [0, 0.1) is 0 Å². The monoisotopic (exact) mass is 341 g/mol. The molecule has 3 rings (SSSR count). The lowest BCUT2D eigenvalue weighted by Crippen LogP contribution is -2.48. The molecule has 1 aliphatic heterocycles. The van der Waals surface area contributed by atoms with E-state index in [4.69, 9.17) is 5.11 Å². The maximum atomic E-state index is 11.8. The van der Waals surface area contributed by atoms with E-state index in [1.807, 2.05) is 17.2 Å². The Kier molecular flexibility index (Phi) is 5.75. The van der Waals surface area contributed by atoms with Crippen LogP contribution in [0.5, 0.6) is 0 Å². The number of aliphatic carboxylic acids is 1. The summed E-state index contributed by atoms with van der Waals surface area (Å²) in [5.41, 5.74) is 2.71. The van der Waals surface area contributed by atoms with Crippen molar-refractivity contribution in [3.05, 3.63) is 65.5 Å². The number of carbonyl (C=O) groups is 1. The molecule has 2 aromatic rings. The first kappa shape index (κ1) is 17.5. The molecular formula is C19H23N3O3. The van der Waals surface area contributed by atoms with Gasteiger partial charge in [0.25, 0.3) is 0 Å². The minimum absolute atomic E-state index is 0.0367. The van der Waals surface area contributed by atoms with E-state index >= 15 is 0 Å². The van der Waals surface area contributed by atoms with Crippen LogP contribution in [0.2, 0.25) is 0 Å². The molecule has 2 heterocycles. The third-order valence-electron chi connectivity index (χ3n) is 4.61. The summed E-state index contributed by atoms with van der Waals surface area (Å²) >= 11 is 0. The van der Waals surface area contributed by atoms with Crippen LogP contribution in [0.25, 0.3) is 0 Å². The molecule has 6 nitrogen and oxygen atoms in total. The van der Waals surface area contributed by atoms with Crippen LogP contribution in [0.3, 0.4) is 0 Å². The van der Waals surface area contributed by atoms with Gasteiger partial charge < -0.3 is 10.2 Å². The number of benzene rings is 1. The molecule has 1 aromatic carbocycles. The van der Waals surface area contributed by atoms with Crippen LogP contribution in [0.15, 0.2) is 48.8 Å². The molecule has 0 amide bonds. The van der Waals surface area contributed by atoms with Crippen LogP contribution < -0.4 is 0 Å². The fraction of sp³-hybridized carbons (Fsp3) is 0.368. The molecule has 1 saturated heterocycles. The fourth-order valence-corrected chi connectivity index (χ4v) is 3.24. The number of rotatable bonds is 6. The Balaban J connectivity index is 1.63. The smallest absolute Gasteiger partial charge is 0.325 e. The molecule has 6 heteroatoms. The topological polar surface area (TPSA) is 76.9 Å². The zero-order chi connectivity index (χ0) is 17.6. The van der Waals surface area contributed by atoms with Crippen molar-refractivity contribution in [3.8, 4) is 0 Å². The van der Waals surface area contributed by atoms with Gasteiger partial charge in [-0.15, -0.1) is 0 Å². The Hall–Kier alpha value is -2.28. The van der Waals surface area contributed by atoms with E-state index in [1.165, 1.54) is 5.56 Å². The Bertz CT molecular complexity index is 683. The fourth-order valence-electron chi connectivity index (χ4n) is 3.24. The molecule has 1 unspecified atom stereocenters. The molecule has 1 aromatic heterocycles. The molecule has 0 spiro atoms. The highest BCUT2D eigenvalue weighted by Gasteiger charge is 2.30. The first-order chi connectivity index (χ1) is 12.2. The van der Waals surface area contributed by atoms with Gasteiger partial charge >= 0.3 is 5.97 Å². The molecule has 1 fully saturated rings. The van der Waals surface area contributed by atoms with Crippen LogP contribution in [0.1, 0.15) is 22.7 Å². The van der Waals surface area contributed by atoms with Crippen LogP contribution in [-0.2, 0) is 17.9 Å². The summed E-state index contributed by atoms with van der Waals surface area (Å²) in [6.07, 6.45) is 3.64. The van der Waals surface area contributed by atoms with Gasteiger partial charge in [0, 0.05) is 45.1 Å². The van der Waals surface area contributed by atoms with E-state index in [0.717, 1.165) is 30.8 Å². The predicted molar refractivity (Wildman–Crippen MR) is 93.8 cm³/mol. The second kappa shape index (κ2) is 8.20. The van der Waals surface area contributed by atoms with Crippen molar-refractivity contribution in [1.82, 2.24) is 14.8 Å². The molecule has 0 aliphatic carbocycles. The van der Waals surface area contributed by atoms with Gasteiger partial charge in [0.1, 0.15) is 6.04 Å². The largest absolute Gasteiger partial charge is 0.480 e. The Morgan fingerprint density at radius 3 is 2.36 bits per heavy atom. The molecule has 0 bridgehead atoms. The van der Waals surface area contributed by atoms with Crippen molar-refractivity contribution in [2.45, 2.75) is 19.2 Å². The number of hydrogen-bond donors (Lipinski definition) is 2. The number of aromatic nitrogens is 1. The van der Waals surface area contributed by atoms with E-state index in [2.05, 4.69) is 16.0 Å². The van der Waals surface area contributed by atoms with Crippen molar-refractivity contribution in [3.63, 3.8) is 0 Å². The average Bonchev–Trinajstić information content (AvgIpc) is 2.64. The number of nitrogens with zero attached hydrogens (tertiary/aromatic N) is 3. The van der Waals surface area contributed by atoms with E-state index in [0.29, 0.717) is 13.1 Å². The lowest BCUT2D eigenvalue weighted by atomic mass is 10.0. The van der Waals surface area contributed by atoms with Gasteiger partial charge in [-0.3, -0.25) is 19.6 Å². The van der Waals surface area contributed by atoms with Gasteiger partial charge in [0.05, 0.1) is 6.61 Å². The van der Waals surface area contributed by atoms with Crippen LogP contribution in [0.4, 0.5) is 0 Å². The van der Waals surface area contributed by atoms with Gasteiger partial charge in [-0.1, -0.05) is 30.3 Å². The molecule has 0 radical (unpaired) electrons. The van der Waals surface area contributed by atoms with E-state index in [1.54, 1.807) is 30.5 Å². The van der Waals surface area contributed by atoms with Crippen molar-refractivity contribution in [2.24, 2.45) is 0 Å². The third kappa shape index (κ3) is 4.42. The second-order valence-electron chi connectivity index (χ2n) is 6.31. The normalized spacial score (nSPS) is 17.3. The van der Waals surface area contributed by atoms with Crippen molar-refractivity contribution in [1.29, 1.82) is 0 Å². The SMILES string of the molecule is O=C(O)C(c1ccc(CO)cc1)N1CCN(Cc2cccnc2)CC1. The number of carboxylic acids is 1.